The van der Waals surface area contributed by atoms with Crippen LogP contribution in [-0.2, 0) is 4.74 Å². The molecule has 2 aliphatic rings. The van der Waals surface area contributed by atoms with Crippen molar-refractivity contribution in [1.82, 2.24) is 10.2 Å². The Hall–Kier alpha value is -0.160. The monoisotopic (exact) mass is 256 g/mol. The molecule has 0 aromatic rings. The van der Waals surface area contributed by atoms with Crippen molar-refractivity contribution in [3.63, 3.8) is 0 Å². The summed E-state index contributed by atoms with van der Waals surface area (Å²) in [6, 6.07) is 1.60. The lowest BCUT2D eigenvalue weighted by atomic mass is 9.92. The lowest BCUT2D eigenvalue weighted by Gasteiger charge is -2.41. The predicted octanol–water partition coefficient (Wildman–Crippen LogP) is 0.989. The summed E-state index contributed by atoms with van der Waals surface area (Å²) in [5, 5.41) is 13.3. The number of rotatable bonds is 6. The number of ether oxygens (including phenoxy) is 1. The largest absolute Gasteiger partial charge is 0.394 e. The van der Waals surface area contributed by atoms with Crippen molar-refractivity contribution >= 4 is 0 Å². The molecular formula is C14H28N2O2. The zero-order chi connectivity index (χ0) is 13.2. The third-order valence-corrected chi connectivity index (χ3v) is 4.21. The summed E-state index contributed by atoms with van der Waals surface area (Å²) < 4.78 is 5.49. The Labute approximate surface area is 111 Å². The summed E-state index contributed by atoms with van der Waals surface area (Å²) in [6.45, 7) is 9.52. The minimum atomic E-state index is -0.140. The van der Waals surface area contributed by atoms with Crippen molar-refractivity contribution in [3.05, 3.63) is 0 Å². The van der Waals surface area contributed by atoms with Crippen LogP contribution >= 0.6 is 0 Å². The summed E-state index contributed by atoms with van der Waals surface area (Å²) in [6.07, 6.45) is 3.51. The van der Waals surface area contributed by atoms with Gasteiger partial charge in [0, 0.05) is 30.2 Å². The highest BCUT2D eigenvalue weighted by atomic mass is 16.5. The lowest BCUT2D eigenvalue weighted by Crippen LogP contribution is -2.55. The van der Waals surface area contributed by atoms with Gasteiger partial charge in [-0.1, -0.05) is 0 Å². The van der Waals surface area contributed by atoms with E-state index in [4.69, 9.17) is 4.74 Å². The van der Waals surface area contributed by atoms with Crippen molar-refractivity contribution in [1.29, 1.82) is 0 Å². The van der Waals surface area contributed by atoms with Gasteiger partial charge in [-0.2, -0.15) is 0 Å². The minimum absolute atomic E-state index is 0.140. The molecule has 0 aromatic carbocycles. The summed E-state index contributed by atoms with van der Waals surface area (Å²) in [4.78, 5) is 2.51. The van der Waals surface area contributed by atoms with Crippen LogP contribution in [0, 0.1) is 0 Å². The van der Waals surface area contributed by atoms with Crippen LogP contribution in [-0.4, -0.2) is 60.0 Å². The zero-order valence-electron chi connectivity index (χ0n) is 12.0. The van der Waals surface area contributed by atoms with Crippen LogP contribution in [0.4, 0.5) is 0 Å². The van der Waals surface area contributed by atoms with E-state index in [9.17, 15) is 5.11 Å². The zero-order valence-corrected chi connectivity index (χ0v) is 12.0. The van der Waals surface area contributed by atoms with Gasteiger partial charge in [-0.3, -0.25) is 4.90 Å². The fourth-order valence-electron chi connectivity index (χ4n) is 3.05. The van der Waals surface area contributed by atoms with E-state index in [0.717, 1.165) is 26.2 Å². The Bertz CT molecular complexity index is 271. The number of nitrogens with one attached hydrogen (secondary N) is 1. The standard InChI is InChI=1S/C14H28N2O2/c1-11(16-6-7-18-9-12(16)2)8-14(3,10-17)15-13-4-5-13/h11-13,15,17H,4-10H2,1-3H3. The van der Waals surface area contributed by atoms with Crippen LogP contribution in [0.5, 0.6) is 0 Å². The average molecular weight is 256 g/mol. The molecule has 1 heterocycles. The molecule has 0 spiro atoms. The van der Waals surface area contributed by atoms with Gasteiger partial charge in [0.1, 0.15) is 0 Å². The SMILES string of the molecule is CC1COCCN1C(C)CC(C)(CO)NC1CC1. The molecule has 106 valence electrons. The summed E-state index contributed by atoms with van der Waals surface area (Å²) in [5.41, 5.74) is -0.140. The Balaban J connectivity index is 1.88. The normalized spacial score (nSPS) is 31.0. The predicted molar refractivity (Wildman–Crippen MR) is 72.7 cm³/mol. The maximum absolute atomic E-state index is 9.67. The number of hydrogen-bond acceptors (Lipinski definition) is 4. The molecule has 18 heavy (non-hydrogen) atoms. The van der Waals surface area contributed by atoms with E-state index in [2.05, 4.69) is 31.0 Å². The average Bonchev–Trinajstić information content (AvgIpc) is 3.13. The number of nitrogens with zero attached hydrogens (tertiary/aromatic N) is 1. The maximum Gasteiger partial charge on any atom is 0.0619 e. The highest BCUT2D eigenvalue weighted by Gasteiger charge is 2.35. The molecule has 3 unspecified atom stereocenters. The first kappa shape index (κ1) is 14.3. The van der Waals surface area contributed by atoms with E-state index in [1.54, 1.807) is 0 Å². The molecule has 2 fully saturated rings. The van der Waals surface area contributed by atoms with Crippen molar-refractivity contribution in [2.75, 3.05) is 26.4 Å². The molecule has 0 aromatic heterocycles. The van der Waals surface area contributed by atoms with Crippen LogP contribution in [0.15, 0.2) is 0 Å². The molecule has 1 aliphatic carbocycles. The molecule has 0 bridgehead atoms. The molecule has 4 heteroatoms. The van der Waals surface area contributed by atoms with Gasteiger partial charge in [-0.15, -0.1) is 0 Å². The Morgan fingerprint density at radius 1 is 1.50 bits per heavy atom. The number of hydrogen-bond donors (Lipinski definition) is 2. The Morgan fingerprint density at radius 2 is 2.22 bits per heavy atom. The second-order valence-corrected chi connectivity index (χ2v) is 6.35. The highest BCUT2D eigenvalue weighted by Crippen LogP contribution is 2.26. The van der Waals surface area contributed by atoms with Crippen molar-refractivity contribution < 1.29 is 9.84 Å². The first-order chi connectivity index (χ1) is 8.54. The molecule has 2 rings (SSSR count). The molecule has 3 atom stereocenters. The molecule has 0 amide bonds. The van der Waals surface area contributed by atoms with Gasteiger partial charge in [-0.25, -0.2) is 0 Å². The van der Waals surface area contributed by atoms with Crippen molar-refractivity contribution in [2.45, 2.75) is 63.7 Å². The Morgan fingerprint density at radius 3 is 2.78 bits per heavy atom. The van der Waals surface area contributed by atoms with E-state index in [-0.39, 0.29) is 12.1 Å². The van der Waals surface area contributed by atoms with E-state index >= 15 is 0 Å². The summed E-state index contributed by atoms with van der Waals surface area (Å²) in [7, 11) is 0. The number of aliphatic hydroxyl groups excluding tert-OH is 1. The van der Waals surface area contributed by atoms with Gasteiger partial charge in [-0.05, 0) is 40.0 Å². The van der Waals surface area contributed by atoms with Crippen LogP contribution in [0.2, 0.25) is 0 Å². The molecule has 1 aliphatic heterocycles. The third-order valence-electron chi connectivity index (χ3n) is 4.21. The molecule has 1 saturated carbocycles. The highest BCUT2D eigenvalue weighted by molar-refractivity contribution is 4.95. The van der Waals surface area contributed by atoms with Gasteiger partial charge >= 0.3 is 0 Å². The molecule has 0 radical (unpaired) electrons. The lowest BCUT2D eigenvalue weighted by molar-refractivity contribution is -0.0270. The van der Waals surface area contributed by atoms with Crippen molar-refractivity contribution in [3.8, 4) is 0 Å². The Kier molecular flexibility index (Phi) is 4.64. The smallest absolute Gasteiger partial charge is 0.0619 e. The van der Waals surface area contributed by atoms with E-state index in [1.165, 1.54) is 12.8 Å². The third kappa shape index (κ3) is 3.67. The summed E-state index contributed by atoms with van der Waals surface area (Å²) in [5.74, 6) is 0. The van der Waals surface area contributed by atoms with Gasteiger partial charge in [0.05, 0.1) is 19.8 Å². The number of morpholine rings is 1. The van der Waals surface area contributed by atoms with Crippen LogP contribution in [0.25, 0.3) is 0 Å². The van der Waals surface area contributed by atoms with Gasteiger partial charge in [0.2, 0.25) is 0 Å². The van der Waals surface area contributed by atoms with Crippen LogP contribution < -0.4 is 5.32 Å². The fourth-order valence-corrected chi connectivity index (χ4v) is 3.05. The van der Waals surface area contributed by atoms with Gasteiger partial charge in [0.25, 0.3) is 0 Å². The van der Waals surface area contributed by atoms with Gasteiger partial charge in [0.15, 0.2) is 0 Å². The minimum Gasteiger partial charge on any atom is -0.394 e. The molecule has 1 saturated heterocycles. The molecule has 4 nitrogen and oxygen atoms in total. The first-order valence-corrected chi connectivity index (χ1v) is 7.26. The number of aliphatic hydroxyl groups is 1. The van der Waals surface area contributed by atoms with Crippen LogP contribution in [0.1, 0.15) is 40.0 Å². The van der Waals surface area contributed by atoms with Crippen molar-refractivity contribution in [2.24, 2.45) is 0 Å². The molecular weight excluding hydrogens is 228 g/mol. The second kappa shape index (κ2) is 5.87. The maximum atomic E-state index is 9.67. The summed E-state index contributed by atoms with van der Waals surface area (Å²) >= 11 is 0. The van der Waals surface area contributed by atoms with E-state index in [1.807, 2.05) is 0 Å². The fraction of sp³-hybridized carbons (Fsp3) is 1.00. The quantitative estimate of drug-likeness (QED) is 0.744. The second-order valence-electron chi connectivity index (χ2n) is 6.35. The van der Waals surface area contributed by atoms with E-state index < -0.39 is 0 Å². The first-order valence-electron chi connectivity index (χ1n) is 7.26. The molecule has 2 N–H and O–H groups in total. The van der Waals surface area contributed by atoms with Crippen LogP contribution in [0.3, 0.4) is 0 Å². The van der Waals surface area contributed by atoms with Gasteiger partial charge < -0.3 is 15.2 Å². The topological polar surface area (TPSA) is 44.7 Å². The van der Waals surface area contributed by atoms with E-state index in [0.29, 0.717) is 18.1 Å².